The molecule has 8 rings (SSSR count). The van der Waals surface area contributed by atoms with Crippen LogP contribution in [0.4, 0.5) is 5.69 Å². The SMILES string of the molecule is N#Cc1ccc(OC2CCC(NC(=O)C3=CCC(N4CCN(CCCCC(=O)Nc5cccc6c5ccc5onc(C7CCC(=O)NC7=O)c56)CC4)N=N3)CC2)cc1Cl. The second kappa shape index (κ2) is 18.1. The summed E-state index contributed by atoms with van der Waals surface area (Å²) in [4.78, 5) is 55.2. The molecule has 1 saturated carbocycles. The number of piperidine rings is 1. The number of carbonyl (C=O) groups is 4. The molecule has 4 aliphatic rings. The number of amides is 4. The topological polar surface area (TPSA) is 195 Å². The Balaban J connectivity index is 0.732. The van der Waals surface area contributed by atoms with Crippen LogP contribution < -0.4 is 20.7 Å². The van der Waals surface area contributed by atoms with Crippen molar-refractivity contribution >= 4 is 62.7 Å². The number of hydrogen-bond acceptors (Lipinski definition) is 12. The zero-order valence-electron chi connectivity index (χ0n) is 32.6. The first-order valence-corrected chi connectivity index (χ1v) is 20.8. The van der Waals surface area contributed by atoms with Gasteiger partial charge in [-0.3, -0.25) is 29.4 Å². The number of aromatic nitrogens is 1. The van der Waals surface area contributed by atoms with Gasteiger partial charge in [0.15, 0.2) is 5.58 Å². The molecule has 3 N–H and O–H groups in total. The van der Waals surface area contributed by atoms with E-state index in [1.54, 1.807) is 24.3 Å². The quantitative estimate of drug-likeness (QED) is 0.108. The maximum atomic E-state index is 13.1. The van der Waals surface area contributed by atoms with Gasteiger partial charge in [0.05, 0.1) is 28.0 Å². The number of nitriles is 1. The molecular weight excluding hydrogens is 774 g/mol. The van der Waals surface area contributed by atoms with Crippen molar-refractivity contribution in [1.82, 2.24) is 25.6 Å². The van der Waals surface area contributed by atoms with E-state index in [-0.39, 0.29) is 48.4 Å². The fraction of sp³-hybridized carbons (Fsp3) is 0.442. The van der Waals surface area contributed by atoms with Crippen LogP contribution in [-0.2, 0) is 19.2 Å². The van der Waals surface area contributed by atoms with Crippen molar-refractivity contribution < 1.29 is 28.4 Å². The Morgan fingerprint density at radius 1 is 1.00 bits per heavy atom. The summed E-state index contributed by atoms with van der Waals surface area (Å²) in [6.45, 7) is 4.40. The average molecular weight is 820 g/mol. The van der Waals surface area contributed by atoms with Gasteiger partial charge in [-0.2, -0.15) is 10.4 Å². The van der Waals surface area contributed by atoms with E-state index in [4.69, 9.17) is 26.1 Å². The van der Waals surface area contributed by atoms with E-state index in [2.05, 4.69) is 47.2 Å². The van der Waals surface area contributed by atoms with Gasteiger partial charge in [0.2, 0.25) is 17.7 Å². The molecule has 15 nitrogen and oxygen atoms in total. The number of anilines is 1. The molecule has 2 saturated heterocycles. The van der Waals surface area contributed by atoms with Gasteiger partial charge in [-0.15, -0.1) is 5.11 Å². The number of benzene rings is 3. The molecule has 0 spiro atoms. The Morgan fingerprint density at radius 3 is 2.58 bits per heavy atom. The Hall–Kier alpha value is -5.69. The number of rotatable bonds is 12. The van der Waals surface area contributed by atoms with Crippen molar-refractivity contribution in [3.05, 3.63) is 76.6 Å². The molecule has 59 heavy (non-hydrogen) atoms. The highest BCUT2D eigenvalue weighted by atomic mass is 35.5. The number of halogens is 1. The molecule has 3 aliphatic heterocycles. The van der Waals surface area contributed by atoms with Crippen LogP contribution >= 0.6 is 11.6 Å². The van der Waals surface area contributed by atoms with E-state index in [0.717, 1.165) is 87.4 Å². The van der Waals surface area contributed by atoms with E-state index in [0.29, 0.717) is 58.3 Å². The Kier molecular flexibility index (Phi) is 12.3. The number of imide groups is 1. The van der Waals surface area contributed by atoms with Crippen molar-refractivity contribution in [2.24, 2.45) is 10.2 Å². The lowest BCUT2D eigenvalue weighted by atomic mass is 9.91. The molecule has 1 aromatic heterocycles. The summed E-state index contributed by atoms with van der Waals surface area (Å²) in [6.07, 6.45) is 8.29. The van der Waals surface area contributed by atoms with Crippen LogP contribution in [0.1, 0.15) is 81.4 Å². The van der Waals surface area contributed by atoms with Gasteiger partial charge < -0.3 is 24.8 Å². The molecule has 2 atom stereocenters. The molecular formula is C43H46ClN9O6. The number of nitrogens with one attached hydrogen (secondary N) is 3. The highest BCUT2D eigenvalue weighted by Gasteiger charge is 2.33. The lowest BCUT2D eigenvalue weighted by molar-refractivity contribution is -0.134. The molecule has 4 amide bonds. The van der Waals surface area contributed by atoms with Crippen molar-refractivity contribution in [2.75, 3.05) is 38.0 Å². The van der Waals surface area contributed by atoms with Crippen LogP contribution in [0.5, 0.6) is 5.75 Å². The molecule has 0 radical (unpaired) electrons. The minimum atomic E-state index is -0.585. The van der Waals surface area contributed by atoms with E-state index in [9.17, 15) is 19.2 Å². The third-order valence-corrected chi connectivity index (χ3v) is 12.1. The normalized spacial score (nSPS) is 22.7. The van der Waals surface area contributed by atoms with E-state index in [1.165, 1.54) is 0 Å². The first-order chi connectivity index (χ1) is 28.7. The van der Waals surface area contributed by atoms with Crippen molar-refractivity contribution in [3.63, 3.8) is 0 Å². The first kappa shape index (κ1) is 40.1. The predicted octanol–water partition coefficient (Wildman–Crippen LogP) is 6.32. The van der Waals surface area contributed by atoms with E-state index in [1.807, 2.05) is 30.3 Å². The number of fused-ring (bicyclic) bond motifs is 3. The number of azo groups is 1. The van der Waals surface area contributed by atoms with Crippen LogP contribution in [0, 0.1) is 11.3 Å². The highest BCUT2D eigenvalue weighted by molar-refractivity contribution is 6.31. The summed E-state index contributed by atoms with van der Waals surface area (Å²) in [5.41, 5.74) is 2.51. The Morgan fingerprint density at radius 2 is 1.83 bits per heavy atom. The molecule has 16 heteroatoms. The van der Waals surface area contributed by atoms with Crippen LogP contribution in [0.15, 0.2) is 75.1 Å². The third kappa shape index (κ3) is 9.30. The summed E-state index contributed by atoms with van der Waals surface area (Å²) in [6, 6.07) is 16.5. The second-order valence-corrected chi connectivity index (χ2v) is 16.0. The number of nitrogens with zero attached hydrogens (tertiary/aromatic N) is 6. The van der Waals surface area contributed by atoms with Gasteiger partial charge in [0.1, 0.15) is 29.4 Å². The van der Waals surface area contributed by atoms with Gasteiger partial charge in [-0.1, -0.05) is 28.9 Å². The zero-order chi connectivity index (χ0) is 40.9. The van der Waals surface area contributed by atoms with Crippen LogP contribution in [0.2, 0.25) is 5.02 Å². The van der Waals surface area contributed by atoms with Crippen molar-refractivity contribution in [2.45, 2.75) is 88.4 Å². The largest absolute Gasteiger partial charge is 0.490 e. The summed E-state index contributed by atoms with van der Waals surface area (Å²) < 4.78 is 11.6. The van der Waals surface area contributed by atoms with Gasteiger partial charge >= 0.3 is 0 Å². The number of ether oxygens (including phenoxy) is 1. The molecule has 2 unspecified atom stereocenters. The lowest BCUT2D eigenvalue weighted by Crippen LogP contribution is -2.50. The molecule has 3 fully saturated rings. The highest BCUT2D eigenvalue weighted by Crippen LogP contribution is 2.37. The maximum absolute atomic E-state index is 13.1. The Labute approximate surface area is 346 Å². The molecule has 3 aromatic carbocycles. The minimum absolute atomic E-state index is 0.0247. The number of unbranched alkanes of at least 4 members (excludes halogenated alkanes) is 1. The summed E-state index contributed by atoms with van der Waals surface area (Å²) in [5, 5.41) is 33.5. The van der Waals surface area contributed by atoms with Crippen LogP contribution in [-0.4, -0.2) is 89.6 Å². The molecule has 306 valence electrons. The summed E-state index contributed by atoms with van der Waals surface area (Å²) >= 11 is 6.15. The molecule has 4 heterocycles. The van der Waals surface area contributed by atoms with E-state index >= 15 is 0 Å². The standard InChI is InChI=1S/C43H46ClN9O6/c44-33-24-29(10-7-26(33)25-45)58-28-11-8-27(9-12-28)46-43(57)35-15-17-37(50-49-35)53-22-20-52(21-23-53)19-2-1-6-38(54)47-34-5-3-4-31-30(34)13-16-36-40(31)41(51-59-36)32-14-18-39(55)48-42(32)56/h3-5,7,10,13,15-16,24,27-28,32,37H,1-2,6,8-9,11-12,14,17-23H2,(H,46,57)(H,47,54)(H,48,55,56). The average Bonchev–Trinajstić information content (AvgIpc) is 3.68. The van der Waals surface area contributed by atoms with Crippen molar-refractivity contribution in [1.29, 1.82) is 5.26 Å². The fourth-order valence-corrected chi connectivity index (χ4v) is 8.69. The zero-order valence-corrected chi connectivity index (χ0v) is 33.4. The molecule has 1 aliphatic carbocycles. The maximum Gasteiger partial charge on any atom is 0.271 e. The number of piperazine rings is 1. The lowest BCUT2D eigenvalue weighted by Gasteiger charge is -2.37. The predicted molar refractivity (Wildman–Crippen MR) is 219 cm³/mol. The minimum Gasteiger partial charge on any atom is -0.490 e. The molecule has 0 bridgehead atoms. The van der Waals surface area contributed by atoms with Crippen molar-refractivity contribution in [3.8, 4) is 11.8 Å². The van der Waals surface area contributed by atoms with E-state index < -0.39 is 5.92 Å². The van der Waals surface area contributed by atoms with Gasteiger partial charge in [-0.05, 0) is 93.3 Å². The number of carbonyl (C=O) groups excluding carboxylic acids is 4. The van der Waals surface area contributed by atoms with Gasteiger partial charge in [0, 0.05) is 68.6 Å². The Bertz CT molecular complexity index is 2360. The monoisotopic (exact) mass is 819 g/mol. The number of hydrogen-bond donors (Lipinski definition) is 3. The third-order valence-electron chi connectivity index (χ3n) is 11.7. The second-order valence-electron chi connectivity index (χ2n) is 15.6. The smallest absolute Gasteiger partial charge is 0.271 e. The van der Waals surface area contributed by atoms with Gasteiger partial charge in [-0.25, -0.2) is 0 Å². The molecule has 4 aromatic rings. The summed E-state index contributed by atoms with van der Waals surface area (Å²) in [7, 11) is 0. The summed E-state index contributed by atoms with van der Waals surface area (Å²) in [5.74, 6) is -0.866. The fourth-order valence-electron chi connectivity index (χ4n) is 8.47. The first-order valence-electron chi connectivity index (χ1n) is 20.4. The van der Waals surface area contributed by atoms with Crippen LogP contribution in [0.3, 0.4) is 0 Å². The van der Waals surface area contributed by atoms with Gasteiger partial charge in [0.25, 0.3) is 5.91 Å². The van der Waals surface area contributed by atoms with Crippen LogP contribution in [0.25, 0.3) is 21.7 Å².